The lowest BCUT2D eigenvalue weighted by Crippen LogP contribution is -2.74. The molecule has 1 aromatic heterocycles. The molecule has 0 saturated carbocycles. The predicted octanol–water partition coefficient (Wildman–Crippen LogP) is 4.82. The Morgan fingerprint density at radius 1 is 1.13 bits per heavy atom. The minimum absolute atomic E-state index is 0.134. The van der Waals surface area contributed by atoms with E-state index in [1.807, 2.05) is 31.4 Å². The topological polar surface area (TPSA) is 52.9 Å². The number of likely N-dealkylation sites (tertiary alicyclic amines) is 1. The van der Waals surface area contributed by atoms with Crippen LogP contribution < -0.4 is 9.47 Å². The number of ether oxygens (including phenoxy) is 3. The molecule has 0 amide bonds. The van der Waals surface area contributed by atoms with Gasteiger partial charge >= 0.3 is 0 Å². The van der Waals surface area contributed by atoms with Crippen molar-refractivity contribution < 1.29 is 19.0 Å². The van der Waals surface area contributed by atoms with E-state index in [0.29, 0.717) is 6.42 Å². The van der Waals surface area contributed by atoms with Gasteiger partial charge in [0.2, 0.25) is 0 Å². The SMILES string of the molecule is COc1ccc2c3c1O[C@H]1c4c(cc(/C=C/C(=O)CCc5ccccc5)n4C)C[C@@]4(OC)[C@@H](C2)N(C)CC[C@]314. The first kappa shape index (κ1) is 24.7. The highest BCUT2D eigenvalue weighted by molar-refractivity contribution is 5.93. The quantitative estimate of drug-likeness (QED) is 0.415. The van der Waals surface area contributed by atoms with Crippen LogP contribution in [0.5, 0.6) is 11.5 Å². The van der Waals surface area contributed by atoms with Gasteiger partial charge in [-0.1, -0.05) is 36.4 Å². The van der Waals surface area contributed by atoms with Gasteiger partial charge in [-0.15, -0.1) is 0 Å². The Morgan fingerprint density at radius 2 is 1.95 bits per heavy atom. The number of hydrogen-bond donors (Lipinski definition) is 0. The summed E-state index contributed by atoms with van der Waals surface area (Å²) in [5.41, 5.74) is 6.57. The molecule has 202 valence electrons. The number of rotatable bonds is 7. The Bertz CT molecular complexity index is 1490. The molecule has 0 N–H and O–H groups in total. The summed E-state index contributed by atoms with van der Waals surface area (Å²) in [7, 11) is 7.93. The zero-order valence-electron chi connectivity index (χ0n) is 23.2. The maximum Gasteiger partial charge on any atom is 0.166 e. The van der Waals surface area contributed by atoms with E-state index in [1.54, 1.807) is 13.2 Å². The molecule has 3 heterocycles. The van der Waals surface area contributed by atoms with Gasteiger partial charge < -0.3 is 23.7 Å². The molecule has 6 nitrogen and oxygen atoms in total. The number of methoxy groups -OCH3 is 2. The molecular weight excluding hydrogens is 488 g/mol. The minimum atomic E-state index is -0.407. The van der Waals surface area contributed by atoms with E-state index < -0.39 is 5.60 Å². The van der Waals surface area contributed by atoms with Gasteiger partial charge in [-0.2, -0.15) is 0 Å². The number of piperidine rings is 1. The second kappa shape index (κ2) is 8.83. The normalized spacial score (nSPS) is 28.2. The molecule has 3 aromatic rings. The van der Waals surface area contributed by atoms with Gasteiger partial charge in [-0.3, -0.25) is 4.79 Å². The van der Waals surface area contributed by atoms with Crippen molar-refractivity contribution in [2.24, 2.45) is 7.05 Å². The number of carbonyl (C=O) groups is 1. The lowest BCUT2D eigenvalue weighted by molar-refractivity contribution is -0.186. The number of aromatic nitrogens is 1. The van der Waals surface area contributed by atoms with Crippen LogP contribution >= 0.6 is 0 Å². The average Bonchev–Trinajstić information content (AvgIpc) is 3.46. The van der Waals surface area contributed by atoms with E-state index in [2.05, 4.69) is 53.9 Å². The summed E-state index contributed by atoms with van der Waals surface area (Å²) in [6.45, 7) is 0.994. The fourth-order valence-electron chi connectivity index (χ4n) is 8.24. The lowest BCUT2D eigenvalue weighted by Gasteiger charge is -2.63. The van der Waals surface area contributed by atoms with E-state index in [-0.39, 0.29) is 23.3 Å². The van der Waals surface area contributed by atoms with Crippen molar-refractivity contribution in [1.29, 1.82) is 0 Å². The van der Waals surface area contributed by atoms with Crippen LogP contribution in [0.4, 0.5) is 0 Å². The van der Waals surface area contributed by atoms with Crippen LogP contribution in [0.3, 0.4) is 0 Å². The number of carbonyl (C=O) groups excluding carboxylic acids is 1. The third kappa shape index (κ3) is 3.25. The summed E-state index contributed by atoms with van der Waals surface area (Å²) in [4.78, 5) is 15.3. The maximum absolute atomic E-state index is 12.8. The number of benzene rings is 2. The predicted molar refractivity (Wildman–Crippen MR) is 150 cm³/mol. The highest BCUT2D eigenvalue weighted by Crippen LogP contribution is 2.69. The molecule has 2 aliphatic carbocycles. The molecule has 1 spiro atoms. The molecule has 1 saturated heterocycles. The van der Waals surface area contributed by atoms with Crippen molar-refractivity contribution in [2.75, 3.05) is 27.8 Å². The smallest absolute Gasteiger partial charge is 0.166 e. The fraction of sp³-hybridized carbons (Fsp3) is 0.424. The first-order chi connectivity index (χ1) is 18.9. The van der Waals surface area contributed by atoms with Crippen molar-refractivity contribution in [1.82, 2.24) is 9.47 Å². The van der Waals surface area contributed by atoms with E-state index in [1.165, 1.54) is 27.9 Å². The van der Waals surface area contributed by atoms with Gasteiger partial charge in [0.1, 0.15) is 5.60 Å². The molecule has 7 rings (SSSR count). The van der Waals surface area contributed by atoms with Crippen LogP contribution in [-0.2, 0) is 41.3 Å². The Balaban J connectivity index is 1.29. The third-order valence-electron chi connectivity index (χ3n) is 10.1. The molecule has 4 atom stereocenters. The van der Waals surface area contributed by atoms with Gasteiger partial charge in [0, 0.05) is 44.3 Å². The molecule has 39 heavy (non-hydrogen) atoms. The van der Waals surface area contributed by atoms with Crippen LogP contribution in [0.25, 0.3) is 6.08 Å². The van der Waals surface area contributed by atoms with Crippen molar-refractivity contribution >= 4 is 11.9 Å². The molecule has 2 bridgehead atoms. The Kier molecular flexibility index (Phi) is 5.59. The number of hydrogen-bond acceptors (Lipinski definition) is 5. The zero-order valence-corrected chi connectivity index (χ0v) is 23.2. The van der Waals surface area contributed by atoms with Crippen molar-refractivity contribution in [3.05, 3.63) is 88.2 Å². The number of fused-ring (bicyclic) bond motifs is 2. The first-order valence-electron chi connectivity index (χ1n) is 14.0. The Hall–Kier alpha value is -3.35. The molecule has 0 radical (unpaired) electrons. The van der Waals surface area contributed by atoms with Crippen molar-refractivity contribution in [3.8, 4) is 11.5 Å². The summed E-state index contributed by atoms with van der Waals surface area (Å²) >= 11 is 0. The molecule has 0 unspecified atom stereocenters. The molecule has 6 heteroatoms. The number of likely N-dealkylation sites (N-methyl/N-ethyl adjacent to an activating group) is 1. The summed E-state index contributed by atoms with van der Waals surface area (Å²) < 4.78 is 21.7. The first-order valence-corrected chi connectivity index (χ1v) is 14.0. The second-order valence-corrected chi connectivity index (χ2v) is 11.6. The van der Waals surface area contributed by atoms with E-state index in [0.717, 1.165) is 49.4 Å². The zero-order chi connectivity index (χ0) is 26.9. The minimum Gasteiger partial charge on any atom is -0.493 e. The monoisotopic (exact) mass is 524 g/mol. The highest BCUT2D eigenvalue weighted by Gasteiger charge is 2.73. The summed E-state index contributed by atoms with van der Waals surface area (Å²) in [6, 6.07) is 16.9. The van der Waals surface area contributed by atoms with Crippen LogP contribution in [0.15, 0.2) is 54.6 Å². The third-order valence-corrected chi connectivity index (χ3v) is 10.1. The molecule has 2 aliphatic heterocycles. The van der Waals surface area contributed by atoms with E-state index in [4.69, 9.17) is 14.2 Å². The van der Waals surface area contributed by atoms with Crippen LogP contribution in [0.1, 0.15) is 52.6 Å². The van der Waals surface area contributed by atoms with E-state index in [9.17, 15) is 4.79 Å². The van der Waals surface area contributed by atoms with Crippen LogP contribution in [0, 0.1) is 0 Å². The Morgan fingerprint density at radius 3 is 2.72 bits per heavy atom. The standard InChI is InChI=1S/C33H36N2O4/c1-34-17-16-32-28-22-11-15-26(37-3)30(28)39-31(32)29-23(20-33(32,38-4)27(34)19-22)18-24(35(29)2)12-14-25(36)13-10-21-8-6-5-7-9-21/h5-9,11-12,14-15,18,27,31H,10,13,16-17,19-20H2,1-4H3/b14-12+/t27-,31+,32+,33-/m1/s1. The fourth-order valence-corrected chi connectivity index (χ4v) is 8.24. The molecule has 1 fully saturated rings. The van der Waals surface area contributed by atoms with Gasteiger partial charge in [0.15, 0.2) is 23.4 Å². The van der Waals surface area contributed by atoms with Gasteiger partial charge in [0.25, 0.3) is 0 Å². The average molecular weight is 525 g/mol. The molecular formula is C33H36N2O4. The van der Waals surface area contributed by atoms with Crippen molar-refractivity contribution in [2.45, 2.75) is 55.3 Å². The number of ketones is 1. The highest BCUT2D eigenvalue weighted by atomic mass is 16.5. The number of aryl methyl sites for hydroxylation is 1. The summed E-state index contributed by atoms with van der Waals surface area (Å²) in [5.74, 6) is 1.81. The van der Waals surface area contributed by atoms with Crippen molar-refractivity contribution in [3.63, 3.8) is 0 Å². The van der Waals surface area contributed by atoms with Gasteiger partial charge in [0.05, 0.1) is 18.2 Å². The number of nitrogens with zero attached hydrogens (tertiary/aromatic N) is 2. The molecule has 2 aromatic carbocycles. The van der Waals surface area contributed by atoms with Crippen LogP contribution in [0.2, 0.25) is 0 Å². The van der Waals surface area contributed by atoms with Crippen LogP contribution in [-0.4, -0.2) is 54.7 Å². The van der Waals surface area contributed by atoms with Gasteiger partial charge in [-0.05, 0) is 73.8 Å². The second-order valence-electron chi connectivity index (χ2n) is 11.6. The number of allylic oxidation sites excluding steroid dienone is 1. The Labute approximate surface area is 230 Å². The largest absolute Gasteiger partial charge is 0.493 e. The van der Waals surface area contributed by atoms with Gasteiger partial charge in [-0.25, -0.2) is 0 Å². The summed E-state index contributed by atoms with van der Waals surface area (Å²) in [6.07, 6.45) is 7.48. The maximum atomic E-state index is 12.8. The van der Waals surface area contributed by atoms with E-state index >= 15 is 0 Å². The summed E-state index contributed by atoms with van der Waals surface area (Å²) in [5, 5.41) is 0. The lowest BCUT2D eigenvalue weighted by atomic mass is 9.49. The molecule has 4 aliphatic rings.